The van der Waals surface area contributed by atoms with Crippen LogP contribution in [0.15, 0.2) is 5.16 Å². The lowest BCUT2D eigenvalue weighted by Crippen LogP contribution is -2.04. The molecule has 0 aliphatic carbocycles. The van der Waals surface area contributed by atoms with Crippen LogP contribution in [-0.2, 0) is 0 Å². The highest BCUT2D eigenvalue weighted by molar-refractivity contribution is 7.80. The average Bonchev–Trinajstić information content (AvgIpc) is 2.03. The number of nitrogens with zero attached hydrogens (tertiary/aromatic N) is 3. The summed E-state index contributed by atoms with van der Waals surface area (Å²) in [6, 6.07) is 0. The van der Waals surface area contributed by atoms with Gasteiger partial charge in [0, 0.05) is 0 Å². The van der Waals surface area contributed by atoms with E-state index >= 15 is 0 Å². The molecule has 0 aliphatic heterocycles. The molecule has 0 unspecified atom stereocenters. The number of thiol groups is 1. The fourth-order valence-electron chi connectivity index (χ4n) is 0.465. The smallest absolute Gasteiger partial charge is 0.252 e. The van der Waals surface area contributed by atoms with Gasteiger partial charge in [-0.25, -0.2) is 11.0 Å². The summed E-state index contributed by atoms with van der Waals surface area (Å²) in [5.41, 5.74) is 3.36. The lowest BCUT2D eigenvalue weighted by atomic mass is 10.9. The van der Waals surface area contributed by atoms with Crippen LogP contribution in [-0.4, -0.2) is 25.4 Å². The molecule has 0 saturated heterocycles. The van der Waals surface area contributed by atoms with Crippen molar-refractivity contribution in [2.24, 2.45) is 0 Å². The lowest BCUT2D eigenvalue weighted by molar-refractivity contribution is 0.373. The summed E-state index contributed by atoms with van der Waals surface area (Å²) in [7, 11) is 0. The van der Waals surface area contributed by atoms with Gasteiger partial charge in [0.05, 0.1) is 0 Å². The fraction of sp³-hybridized carbons (Fsp3) is 0. The minimum atomic E-state index is -0.0958. The maximum absolute atomic E-state index is 8.34. The van der Waals surface area contributed by atoms with Gasteiger partial charge in [0.25, 0.3) is 11.9 Å². The predicted molar refractivity (Wildman–Crippen MR) is 37.9 cm³/mol. The van der Waals surface area contributed by atoms with E-state index in [-0.39, 0.29) is 17.1 Å². The first-order valence-corrected chi connectivity index (χ1v) is 2.96. The van der Waals surface area contributed by atoms with Crippen LogP contribution in [0.4, 0.5) is 11.9 Å². The second-order valence-electron chi connectivity index (χ2n) is 1.51. The Morgan fingerprint density at radius 3 is 1.82 bits per heavy atom. The molecule has 60 valence electrons. The third kappa shape index (κ3) is 1.90. The number of hydrogen-bond acceptors (Lipinski definition) is 8. The highest BCUT2D eigenvalue weighted by Gasteiger charge is 2.00. The zero-order chi connectivity index (χ0) is 8.27. The summed E-state index contributed by atoms with van der Waals surface area (Å²) < 4.78 is 0. The van der Waals surface area contributed by atoms with Crippen molar-refractivity contribution in [2.45, 2.75) is 5.16 Å². The van der Waals surface area contributed by atoms with E-state index in [1.54, 1.807) is 11.0 Å². The molecule has 0 fully saturated rings. The van der Waals surface area contributed by atoms with Gasteiger partial charge >= 0.3 is 0 Å². The van der Waals surface area contributed by atoms with Crippen molar-refractivity contribution in [1.82, 2.24) is 15.0 Å². The molecule has 0 aromatic carbocycles. The molecule has 4 N–H and O–H groups in total. The summed E-state index contributed by atoms with van der Waals surface area (Å²) in [5, 5.41) is 16.7. The summed E-state index contributed by atoms with van der Waals surface area (Å²) >= 11 is 3.77. The van der Waals surface area contributed by atoms with E-state index < -0.39 is 0 Å². The maximum Gasteiger partial charge on any atom is 0.252 e. The van der Waals surface area contributed by atoms with E-state index in [1.165, 1.54) is 0 Å². The summed E-state index contributed by atoms with van der Waals surface area (Å²) in [4.78, 5) is 10.5. The first-order valence-electron chi connectivity index (χ1n) is 2.51. The first-order chi connectivity index (χ1) is 5.26. The van der Waals surface area contributed by atoms with Gasteiger partial charge < -0.3 is 0 Å². The molecule has 0 amide bonds. The van der Waals surface area contributed by atoms with Crippen molar-refractivity contribution < 1.29 is 10.4 Å². The number of anilines is 2. The second kappa shape index (κ2) is 3.32. The monoisotopic (exact) mass is 175 g/mol. The molecular weight excluding hydrogens is 170 g/mol. The topological polar surface area (TPSA) is 103 Å². The molecule has 0 saturated carbocycles. The van der Waals surface area contributed by atoms with Crippen LogP contribution in [0, 0.1) is 0 Å². The standard InChI is InChI=1S/C3H5N5O2S/c9-7-1-4-2(8-10)6-3(11)5-1/h9-10H,(H3,4,5,6,7,8,11). The first kappa shape index (κ1) is 7.98. The number of rotatable bonds is 2. The molecule has 0 aliphatic rings. The van der Waals surface area contributed by atoms with E-state index in [0.29, 0.717) is 0 Å². The molecule has 11 heavy (non-hydrogen) atoms. The van der Waals surface area contributed by atoms with E-state index in [4.69, 9.17) is 10.4 Å². The van der Waals surface area contributed by atoms with Crippen molar-refractivity contribution in [3.05, 3.63) is 0 Å². The SMILES string of the molecule is ONc1nc(S)nc(NO)n1. The Kier molecular flexibility index (Phi) is 2.41. The molecule has 7 nitrogen and oxygen atoms in total. The van der Waals surface area contributed by atoms with Gasteiger partial charge in [0.2, 0.25) is 0 Å². The fourth-order valence-corrected chi connectivity index (χ4v) is 0.654. The molecule has 1 rings (SSSR count). The largest absolute Gasteiger partial charge is 0.288 e. The molecule has 1 heterocycles. The van der Waals surface area contributed by atoms with Gasteiger partial charge in [-0.15, -0.1) is 12.6 Å². The lowest BCUT2D eigenvalue weighted by Gasteiger charge is -1.99. The third-order valence-corrected chi connectivity index (χ3v) is 1.02. The average molecular weight is 175 g/mol. The summed E-state index contributed by atoms with van der Waals surface area (Å²) in [6.45, 7) is 0. The van der Waals surface area contributed by atoms with Crippen LogP contribution in [0.3, 0.4) is 0 Å². The summed E-state index contributed by atoms with van der Waals surface area (Å²) in [6.07, 6.45) is 0. The van der Waals surface area contributed by atoms with Crippen molar-refractivity contribution in [3.63, 3.8) is 0 Å². The quantitative estimate of drug-likeness (QED) is 0.312. The zero-order valence-corrected chi connectivity index (χ0v) is 6.08. The van der Waals surface area contributed by atoms with Gasteiger partial charge in [-0.05, 0) is 0 Å². The number of nitrogens with one attached hydrogen (secondary N) is 2. The Balaban J connectivity index is 3.02. The Labute approximate surface area is 66.8 Å². The normalized spacial score (nSPS) is 9.36. The molecule has 0 atom stereocenters. The van der Waals surface area contributed by atoms with E-state index in [9.17, 15) is 0 Å². The molecule has 0 radical (unpaired) electrons. The number of hydrogen-bond donors (Lipinski definition) is 5. The van der Waals surface area contributed by atoms with Gasteiger partial charge in [-0.3, -0.25) is 10.4 Å². The zero-order valence-electron chi connectivity index (χ0n) is 5.18. The summed E-state index contributed by atoms with van der Waals surface area (Å²) in [5.74, 6) is -0.192. The van der Waals surface area contributed by atoms with Gasteiger partial charge in [0.1, 0.15) is 0 Å². The highest BCUT2D eigenvalue weighted by atomic mass is 32.1. The van der Waals surface area contributed by atoms with E-state index in [0.717, 1.165) is 0 Å². The van der Waals surface area contributed by atoms with Gasteiger partial charge in [0.15, 0.2) is 5.16 Å². The molecule has 8 heteroatoms. The van der Waals surface area contributed by atoms with Gasteiger partial charge in [-0.2, -0.15) is 15.0 Å². The Bertz CT molecular complexity index is 233. The number of aromatic nitrogens is 3. The minimum Gasteiger partial charge on any atom is -0.288 e. The molecular formula is C3H5N5O2S. The predicted octanol–water partition coefficient (Wildman–Crippen LogP) is -0.238. The van der Waals surface area contributed by atoms with Crippen LogP contribution >= 0.6 is 12.6 Å². The van der Waals surface area contributed by atoms with Crippen LogP contribution in [0.5, 0.6) is 0 Å². The molecule has 1 aromatic rings. The second-order valence-corrected chi connectivity index (χ2v) is 1.91. The van der Waals surface area contributed by atoms with Crippen LogP contribution < -0.4 is 11.0 Å². The van der Waals surface area contributed by atoms with Crippen LogP contribution in [0.1, 0.15) is 0 Å². The minimum absolute atomic E-state index is 0.0769. The molecule has 1 aromatic heterocycles. The third-order valence-electron chi connectivity index (χ3n) is 0.824. The Hall–Kier alpha value is -1.12. The van der Waals surface area contributed by atoms with Crippen LogP contribution in [0.2, 0.25) is 0 Å². The van der Waals surface area contributed by atoms with Crippen molar-refractivity contribution in [3.8, 4) is 0 Å². The maximum atomic E-state index is 8.34. The molecule has 0 spiro atoms. The van der Waals surface area contributed by atoms with Crippen molar-refractivity contribution in [2.75, 3.05) is 11.0 Å². The van der Waals surface area contributed by atoms with Crippen molar-refractivity contribution in [1.29, 1.82) is 0 Å². The Morgan fingerprint density at radius 1 is 1.00 bits per heavy atom. The molecule has 0 bridgehead atoms. The van der Waals surface area contributed by atoms with E-state index in [2.05, 4.69) is 27.6 Å². The van der Waals surface area contributed by atoms with E-state index in [1.807, 2.05) is 0 Å². The van der Waals surface area contributed by atoms with Crippen LogP contribution in [0.25, 0.3) is 0 Å². The Morgan fingerprint density at radius 2 is 1.45 bits per heavy atom. The van der Waals surface area contributed by atoms with Crippen molar-refractivity contribution >= 4 is 24.5 Å². The highest BCUT2D eigenvalue weighted by Crippen LogP contribution is 2.05. The van der Waals surface area contributed by atoms with Gasteiger partial charge in [-0.1, -0.05) is 0 Å².